The Balaban J connectivity index is 2.05. The molecule has 0 aromatic carbocycles. The maximum Gasteiger partial charge on any atom is 0.0736 e. The van der Waals surface area contributed by atoms with Gasteiger partial charge in [0.05, 0.1) is 12.2 Å². The van der Waals surface area contributed by atoms with Crippen LogP contribution in [0.3, 0.4) is 0 Å². The number of aryl methyl sites for hydroxylation is 2. The molecule has 15 heavy (non-hydrogen) atoms. The molecule has 0 amide bonds. The van der Waals surface area contributed by atoms with Gasteiger partial charge in [-0.1, -0.05) is 6.07 Å². The first-order chi connectivity index (χ1) is 7.27. The van der Waals surface area contributed by atoms with Crippen LogP contribution >= 0.6 is 0 Å². The van der Waals surface area contributed by atoms with Crippen LogP contribution in [0.25, 0.3) is 0 Å². The van der Waals surface area contributed by atoms with E-state index in [0.29, 0.717) is 0 Å². The molecule has 2 rings (SSSR count). The van der Waals surface area contributed by atoms with Crippen molar-refractivity contribution in [1.29, 1.82) is 0 Å². The maximum absolute atomic E-state index is 4.26. The Hall–Kier alpha value is -1.77. The van der Waals surface area contributed by atoms with Gasteiger partial charge in [0.2, 0.25) is 0 Å². The molecular formula is C12H15N3. The summed E-state index contributed by atoms with van der Waals surface area (Å²) in [5, 5.41) is 0. The largest absolute Gasteiger partial charge is 0.320 e. The fraction of sp³-hybridized carbons (Fsp3) is 0.250. The standard InChI is InChI=1S/C12H15N3/c1-10-6-7-11(2)15(10)14-9-12-5-3-4-8-13-12/h3-8,14H,9H2,1-2H3. The van der Waals surface area contributed by atoms with Gasteiger partial charge in [-0.05, 0) is 38.1 Å². The molecule has 78 valence electrons. The van der Waals surface area contributed by atoms with Crippen LogP contribution in [0.5, 0.6) is 0 Å². The summed E-state index contributed by atoms with van der Waals surface area (Å²) in [6.45, 7) is 4.91. The van der Waals surface area contributed by atoms with Crippen molar-refractivity contribution in [3.63, 3.8) is 0 Å². The second-order valence-corrected chi connectivity index (χ2v) is 3.61. The predicted molar refractivity (Wildman–Crippen MR) is 61.2 cm³/mol. The van der Waals surface area contributed by atoms with Gasteiger partial charge in [-0.2, -0.15) is 0 Å². The maximum atomic E-state index is 4.26. The first-order valence-electron chi connectivity index (χ1n) is 5.06. The first-order valence-corrected chi connectivity index (χ1v) is 5.06. The van der Waals surface area contributed by atoms with E-state index in [1.54, 1.807) is 0 Å². The topological polar surface area (TPSA) is 29.9 Å². The SMILES string of the molecule is Cc1ccc(C)n1NCc1ccccn1. The minimum Gasteiger partial charge on any atom is -0.320 e. The molecule has 0 aliphatic rings. The number of pyridine rings is 1. The molecule has 0 radical (unpaired) electrons. The van der Waals surface area contributed by atoms with E-state index in [2.05, 4.69) is 41.1 Å². The van der Waals surface area contributed by atoms with Gasteiger partial charge in [-0.3, -0.25) is 9.66 Å². The molecule has 3 heteroatoms. The highest BCUT2D eigenvalue weighted by molar-refractivity contribution is 5.16. The van der Waals surface area contributed by atoms with E-state index in [-0.39, 0.29) is 0 Å². The van der Waals surface area contributed by atoms with Crippen molar-refractivity contribution in [3.05, 3.63) is 53.6 Å². The number of nitrogens with one attached hydrogen (secondary N) is 1. The highest BCUT2D eigenvalue weighted by Crippen LogP contribution is 2.04. The molecule has 0 spiro atoms. The average molecular weight is 201 g/mol. The zero-order valence-corrected chi connectivity index (χ0v) is 9.07. The lowest BCUT2D eigenvalue weighted by atomic mass is 10.3. The number of nitrogens with zero attached hydrogens (tertiary/aromatic N) is 2. The zero-order chi connectivity index (χ0) is 10.7. The van der Waals surface area contributed by atoms with E-state index in [4.69, 9.17) is 0 Å². The Morgan fingerprint density at radius 2 is 1.87 bits per heavy atom. The molecule has 2 heterocycles. The van der Waals surface area contributed by atoms with Crippen molar-refractivity contribution < 1.29 is 0 Å². The Labute approximate surface area is 89.7 Å². The van der Waals surface area contributed by atoms with Gasteiger partial charge < -0.3 is 5.43 Å². The van der Waals surface area contributed by atoms with Crippen LogP contribution in [0, 0.1) is 13.8 Å². The quantitative estimate of drug-likeness (QED) is 0.825. The van der Waals surface area contributed by atoms with Gasteiger partial charge in [0.25, 0.3) is 0 Å². The van der Waals surface area contributed by atoms with Crippen molar-refractivity contribution in [2.45, 2.75) is 20.4 Å². The third kappa shape index (κ3) is 2.18. The first kappa shape index (κ1) is 9.77. The van der Waals surface area contributed by atoms with Gasteiger partial charge in [0.15, 0.2) is 0 Å². The van der Waals surface area contributed by atoms with E-state index >= 15 is 0 Å². The summed E-state index contributed by atoms with van der Waals surface area (Å²) in [5.41, 5.74) is 6.80. The van der Waals surface area contributed by atoms with Crippen LogP contribution in [0.4, 0.5) is 0 Å². The summed E-state index contributed by atoms with van der Waals surface area (Å²) in [6, 6.07) is 10.1. The third-order valence-electron chi connectivity index (χ3n) is 2.42. The van der Waals surface area contributed by atoms with Crippen molar-refractivity contribution in [3.8, 4) is 0 Å². The second kappa shape index (κ2) is 4.17. The van der Waals surface area contributed by atoms with Gasteiger partial charge in [0.1, 0.15) is 0 Å². The molecule has 0 aliphatic heterocycles. The predicted octanol–water partition coefficient (Wildman–Crippen LogP) is 2.24. The van der Waals surface area contributed by atoms with Crippen LogP contribution in [-0.4, -0.2) is 9.66 Å². The minimum atomic E-state index is 0.747. The van der Waals surface area contributed by atoms with E-state index in [9.17, 15) is 0 Å². The van der Waals surface area contributed by atoms with Crippen LogP contribution in [0.1, 0.15) is 17.1 Å². The lowest BCUT2D eigenvalue weighted by molar-refractivity contribution is 0.781. The van der Waals surface area contributed by atoms with Crippen LogP contribution in [0.2, 0.25) is 0 Å². The number of aromatic nitrogens is 2. The smallest absolute Gasteiger partial charge is 0.0736 e. The average Bonchev–Trinajstić information content (AvgIpc) is 2.58. The zero-order valence-electron chi connectivity index (χ0n) is 9.07. The van der Waals surface area contributed by atoms with E-state index in [0.717, 1.165) is 12.2 Å². The molecule has 2 aromatic heterocycles. The molecule has 1 N–H and O–H groups in total. The Bertz CT molecular complexity index is 412. The molecular weight excluding hydrogens is 186 g/mol. The molecule has 0 saturated carbocycles. The minimum absolute atomic E-state index is 0.747. The number of rotatable bonds is 3. The summed E-state index contributed by atoms with van der Waals surface area (Å²) in [6.07, 6.45) is 1.81. The van der Waals surface area contributed by atoms with Crippen molar-refractivity contribution in [2.75, 3.05) is 5.43 Å². The van der Waals surface area contributed by atoms with E-state index in [1.165, 1.54) is 11.4 Å². The van der Waals surface area contributed by atoms with Gasteiger partial charge >= 0.3 is 0 Å². The third-order valence-corrected chi connectivity index (χ3v) is 2.42. The summed E-state index contributed by atoms with van der Waals surface area (Å²) < 4.78 is 2.08. The number of hydrogen-bond donors (Lipinski definition) is 1. The summed E-state index contributed by atoms with van der Waals surface area (Å²) in [5.74, 6) is 0. The van der Waals surface area contributed by atoms with Crippen molar-refractivity contribution in [1.82, 2.24) is 9.66 Å². The molecule has 0 bridgehead atoms. The van der Waals surface area contributed by atoms with Crippen molar-refractivity contribution >= 4 is 0 Å². The van der Waals surface area contributed by atoms with Crippen LogP contribution in [0.15, 0.2) is 36.5 Å². The van der Waals surface area contributed by atoms with Gasteiger partial charge in [-0.15, -0.1) is 0 Å². The number of hydrogen-bond acceptors (Lipinski definition) is 2. The fourth-order valence-corrected chi connectivity index (χ4v) is 1.58. The monoisotopic (exact) mass is 201 g/mol. The van der Waals surface area contributed by atoms with Gasteiger partial charge in [0, 0.05) is 17.6 Å². The lowest BCUT2D eigenvalue weighted by Crippen LogP contribution is -2.17. The van der Waals surface area contributed by atoms with E-state index in [1.807, 2.05) is 24.4 Å². The second-order valence-electron chi connectivity index (χ2n) is 3.61. The summed E-state index contributed by atoms with van der Waals surface area (Å²) >= 11 is 0. The molecule has 0 aliphatic carbocycles. The molecule has 0 fully saturated rings. The normalized spacial score (nSPS) is 10.3. The van der Waals surface area contributed by atoms with Gasteiger partial charge in [-0.25, -0.2) is 0 Å². The van der Waals surface area contributed by atoms with Crippen LogP contribution in [-0.2, 0) is 6.54 Å². The summed E-state index contributed by atoms with van der Waals surface area (Å²) in [4.78, 5) is 4.26. The highest BCUT2D eigenvalue weighted by Gasteiger charge is 1.99. The fourth-order valence-electron chi connectivity index (χ4n) is 1.58. The lowest BCUT2D eigenvalue weighted by Gasteiger charge is -2.11. The highest BCUT2D eigenvalue weighted by atomic mass is 15.4. The van der Waals surface area contributed by atoms with Crippen molar-refractivity contribution in [2.24, 2.45) is 0 Å². The Morgan fingerprint density at radius 3 is 2.47 bits per heavy atom. The van der Waals surface area contributed by atoms with E-state index < -0.39 is 0 Å². The van der Waals surface area contributed by atoms with Crippen LogP contribution < -0.4 is 5.43 Å². The Morgan fingerprint density at radius 1 is 1.13 bits per heavy atom. The summed E-state index contributed by atoms with van der Waals surface area (Å²) in [7, 11) is 0. The molecule has 0 saturated heterocycles. The molecule has 3 nitrogen and oxygen atoms in total. The Kier molecular flexibility index (Phi) is 2.72. The molecule has 0 atom stereocenters. The molecule has 2 aromatic rings. The molecule has 0 unspecified atom stereocenters.